The summed E-state index contributed by atoms with van der Waals surface area (Å²) in [4.78, 5) is 6.79. The van der Waals surface area contributed by atoms with Crippen molar-refractivity contribution in [3.63, 3.8) is 0 Å². The normalized spacial score (nSPS) is 16.3. The van der Waals surface area contributed by atoms with E-state index in [1.165, 1.54) is 0 Å². The van der Waals surface area contributed by atoms with Gasteiger partial charge in [-0.15, -0.1) is 0 Å². The molecule has 2 N–H and O–H groups in total. The van der Waals surface area contributed by atoms with Crippen LogP contribution in [0.25, 0.3) is 0 Å². The maximum absolute atomic E-state index is 5.71. The zero-order chi connectivity index (χ0) is 18.7. The Balaban J connectivity index is 1.58. The molecule has 2 rings (SSSR count). The number of guanidine groups is 1. The Kier molecular flexibility index (Phi) is 8.71. The summed E-state index contributed by atoms with van der Waals surface area (Å²) in [6.07, 6.45) is 2.05. The van der Waals surface area contributed by atoms with Crippen molar-refractivity contribution in [1.29, 1.82) is 0 Å². The van der Waals surface area contributed by atoms with E-state index in [1.54, 1.807) is 0 Å². The van der Waals surface area contributed by atoms with Crippen molar-refractivity contribution in [2.75, 3.05) is 53.0 Å². The van der Waals surface area contributed by atoms with Gasteiger partial charge in [-0.1, -0.05) is 18.2 Å². The molecule has 1 saturated heterocycles. The quantitative estimate of drug-likeness (QED) is 0.400. The number of hydrogen-bond donors (Lipinski definition) is 2. The summed E-state index contributed by atoms with van der Waals surface area (Å²) >= 11 is 0. The molecule has 0 unspecified atom stereocenters. The van der Waals surface area contributed by atoms with Crippen molar-refractivity contribution < 1.29 is 9.47 Å². The number of nitrogens with one attached hydrogen (secondary N) is 2. The minimum absolute atomic E-state index is 0.0743. The molecule has 0 aliphatic carbocycles. The lowest BCUT2D eigenvalue weighted by atomic mass is 10.0. The van der Waals surface area contributed by atoms with Gasteiger partial charge in [-0.05, 0) is 38.8 Å². The number of aliphatic imine (C=N–C) groups is 1. The Morgan fingerprint density at radius 3 is 2.58 bits per heavy atom. The van der Waals surface area contributed by atoms with Gasteiger partial charge in [0.15, 0.2) is 5.96 Å². The minimum atomic E-state index is 0.0743. The highest BCUT2D eigenvalue weighted by molar-refractivity contribution is 5.79. The van der Waals surface area contributed by atoms with Crippen molar-refractivity contribution in [3.05, 3.63) is 30.3 Å². The van der Waals surface area contributed by atoms with Crippen LogP contribution in [0, 0.1) is 0 Å². The molecule has 0 amide bonds. The topological polar surface area (TPSA) is 58.1 Å². The van der Waals surface area contributed by atoms with Crippen molar-refractivity contribution >= 4 is 5.96 Å². The SMILES string of the molecule is CN=C(NCCCCOc1ccccc1)NCC(C)(C)N1CCOCC1. The molecule has 6 nitrogen and oxygen atoms in total. The molecule has 0 saturated carbocycles. The third-order valence-electron chi connectivity index (χ3n) is 4.65. The summed E-state index contributed by atoms with van der Waals surface area (Å²) < 4.78 is 11.2. The smallest absolute Gasteiger partial charge is 0.191 e. The van der Waals surface area contributed by atoms with E-state index in [2.05, 4.69) is 34.4 Å². The molecular formula is C20H34N4O2. The monoisotopic (exact) mass is 362 g/mol. The Bertz CT molecular complexity index is 528. The standard InChI is InChI=1S/C20H34N4O2/c1-20(2,24-12-15-25-16-13-24)17-23-19(21-3)22-11-7-8-14-26-18-9-5-4-6-10-18/h4-6,9-10H,7-8,11-17H2,1-3H3,(H2,21,22,23). The number of nitrogens with zero attached hydrogens (tertiary/aromatic N) is 2. The summed E-state index contributed by atoms with van der Waals surface area (Å²) in [6.45, 7) is 10.6. The van der Waals surface area contributed by atoms with E-state index in [9.17, 15) is 0 Å². The van der Waals surface area contributed by atoms with E-state index in [-0.39, 0.29) is 5.54 Å². The molecule has 1 aliphatic rings. The van der Waals surface area contributed by atoms with Crippen LogP contribution in [0.15, 0.2) is 35.3 Å². The van der Waals surface area contributed by atoms with Crippen LogP contribution in [-0.4, -0.2) is 69.4 Å². The maximum Gasteiger partial charge on any atom is 0.191 e. The molecule has 0 aromatic heterocycles. The van der Waals surface area contributed by atoms with Crippen LogP contribution >= 0.6 is 0 Å². The van der Waals surface area contributed by atoms with Crippen molar-refractivity contribution in [3.8, 4) is 5.75 Å². The lowest BCUT2D eigenvalue weighted by molar-refractivity contribution is -0.00833. The number of rotatable bonds is 9. The lowest BCUT2D eigenvalue weighted by Gasteiger charge is -2.41. The van der Waals surface area contributed by atoms with Gasteiger partial charge >= 0.3 is 0 Å². The summed E-state index contributed by atoms with van der Waals surface area (Å²) in [5, 5.41) is 6.83. The average molecular weight is 363 g/mol. The molecular weight excluding hydrogens is 328 g/mol. The van der Waals surface area contributed by atoms with Crippen LogP contribution in [0.4, 0.5) is 0 Å². The van der Waals surface area contributed by atoms with Gasteiger partial charge in [-0.2, -0.15) is 0 Å². The molecule has 0 spiro atoms. The van der Waals surface area contributed by atoms with Crippen LogP contribution in [0.1, 0.15) is 26.7 Å². The van der Waals surface area contributed by atoms with E-state index in [0.29, 0.717) is 0 Å². The molecule has 1 aromatic rings. The Labute approximate surface area is 158 Å². The van der Waals surface area contributed by atoms with Gasteiger partial charge in [-0.3, -0.25) is 9.89 Å². The average Bonchev–Trinajstić information content (AvgIpc) is 2.68. The third kappa shape index (κ3) is 7.22. The van der Waals surface area contributed by atoms with Crippen LogP contribution in [0.2, 0.25) is 0 Å². The van der Waals surface area contributed by atoms with Gasteiger partial charge in [0.25, 0.3) is 0 Å². The number of unbranched alkanes of at least 4 members (excludes halogenated alkanes) is 1. The zero-order valence-corrected chi connectivity index (χ0v) is 16.5. The highest BCUT2D eigenvalue weighted by Crippen LogP contribution is 2.15. The number of benzene rings is 1. The lowest BCUT2D eigenvalue weighted by Crippen LogP contribution is -2.56. The van der Waals surface area contributed by atoms with Crippen molar-refractivity contribution in [2.24, 2.45) is 4.99 Å². The Morgan fingerprint density at radius 2 is 1.88 bits per heavy atom. The molecule has 1 aromatic carbocycles. The molecule has 1 aliphatic heterocycles. The van der Waals surface area contributed by atoms with E-state index in [0.717, 1.165) is 70.6 Å². The second-order valence-corrected chi connectivity index (χ2v) is 7.13. The molecule has 1 fully saturated rings. The summed E-state index contributed by atoms with van der Waals surface area (Å²) in [7, 11) is 1.82. The molecule has 1 heterocycles. The second kappa shape index (κ2) is 11.0. The molecule has 0 bridgehead atoms. The van der Waals surface area contributed by atoms with Gasteiger partial charge < -0.3 is 20.1 Å². The van der Waals surface area contributed by atoms with Crippen molar-refractivity contribution in [2.45, 2.75) is 32.2 Å². The third-order valence-corrected chi connectivity index (χ3v) is 4.65. The fourth-order valence-electron chi connectivity index (χ4n) is 2.94. The number of hydrogen-bond acceptors (Lipinski definition) is 4. The predicted octanol–water partition coefficient (Wildman–Crippen LogP) is 2.12. The molecule has 26 heavy (non-hydrogen) atoms. The second-order valence-electron chi connectivity index (χ2n) is 7.13. The summed E-state index contributed by atoms with van der Waals surface area (Å²) in [5.74, 6) is 1.79. The van der Waals surface area contributed by atoms with E-state index >= 15 is 0 Å². The van der Waals surface area contributed by atoms with E-state index in [4.69, 9.17) is 9.47 Å². The van der Waals surface area contributed by atoms with Gasteiger partial charge in [0.1, 0.15) is 5.75 Å². The molecule has 0 atom stereocenters. The highest BCUT2D eigenvalue weighted by atomic mass is 16.5. The molecule has 6 heteroatoms. The first-order valence-corrected chi connectivity index (χ1v) is 9.57. The molecule has 146 valence electrons. The number of ether oxygens (including phenoxy) is 2. The first kappa shape index (κ1) is 20.5. The molecule has 0 radical (unpaired) electrons. The number of morpholine rings is 1. The summed E-state index contributed by atoms with van der Waals surface area (Å²) in [6, 6.07) is 9.95. The van der Waals surface area contributed by atoms with Crippen LogP contribution in [-0.2, 0) is 4.74 Å². The fourth-order valence-corrected chi connectivity index (χ4v) is 2.94. The zero-order valence-electron chi connectivity index (χ0n) is 16.5. The first-order valence-electron chi connectivity index (χ1n) is 9.57. The fraction of sp³-hybridized carbons (Fsp3) is 0.650. The van der Waals surface area contributed by atoms with E-state index < -0.39 is 0 Å². The van der Waals surface area contributed by atoms with Gasteiger partial charge in [0.2, 0.25) is 0 Å². The van der Waals surface area contributed by atoms with Crippen LogP contribution < -0.4 is 15.4 Å². The Morgan fingerprint density at radius 1 is 1.15 bits per heavy atom. The highest BCUT2D eigenvalue weighted by Gasteiger charge is 2.28. The van der Waals surface area contributed by atoms with Crippen LogP contribution in [0.5, 0.6) is 5.75 Å². The van der Waals surface area contributed by atoms with Gasteiger partial charge in [0.05, 0.1) is 19.8 Å². The van der Waals surface area contributed by atoms with Crippen LogP contribution in [0.3, 0.4) is 0 Å². The maximum atomic E-state index is 5.71. The largest absolute Gasteiger partial charge is 0.494 e. The van der Waals surface area contributed by atoms with E-state index in [1.807, 2.05) is 37.4 Å². The van der Waals surface area contributed by atoms with Gasteiger partial charge in [0, 0.05) is 38.8 Å². The minimum Gasteiger partial charge on any atom is -0.494 e. The number of para-hydroxylation sites is 1. The first-order chi connectivity index (χ1) is 12.6. The Hall–Kier alpha value is -1.79. The van der Waals surface area contributed by atoms with Gasteiger partial charge in [-0.25, -0.2) is 0 Å². The van der Waals surface area contributed by atoms with Crippen molar-refractivity contribution in [1.82, 2.24) is 15.5 Å². The summed E-state index contributed by atoms with van der Waals surface area (Å²) in [5.41, 5.74) is 0.0743. The predicted molar refractivity (Wildman–Crippen MR) is 107 cm³/mol.